The van der Waals surface area contributed by atoms with Crippen LogP contribution < -0.4 is 5.32 Å². The first-order valence-electron chi connectivity index (χ1n) is 6.98. The van der Waals surface area contributed by atoms with Crippen LogP contribution in [0, 0.1) is 5.92 Å². The van der Waals surface area contributed by atoms with E-state index in [-0.39, 0.29) is 6.04 Å². The summed E-state index contributed by atoms with van der Waals surface area (Å²) < 4.78 is 0. The Morgan fingerprint density at radius 1 is 1.26 bits per heavy atom. The molecule has 0 aromatic carbocycles. The molecule has 1 saturated carbocycles. The van der Waals surface area contributed by atoms with Crippen LogP contribution in [0.25, 0.3) is 0 Å². The van der Waals surface area contributed by atoms with Crippen LogP contribution in [0.2, 0.25) is 0 Å². The van der Waals surface area contributed by atoms with Gasteiger partial charge in [-0.3, -0.25) is 0 Å². The number of aliphatic hydroxyl groups excluding tert-OH is 2. The Morgan fingerprint density at radius 3 is 2.74 bits per heavy atom. The van der Waals surface area contributed by atoms with Crippen molar-refractivity contribution in [3.05, 3.63) is 18.1 Å². The van der Waals surface area contributed by atoms with Crippen molar-refractivity contribution in [1.82, 2.24) is 9.97 Å². The molecule has 1 unspecified atom stereocenters. The summed E-state index contributed by atoms with van der Waals surface area (Å²) in [5.74, 6) is 1.37. The van der Waals surface area contributed by atoms with E-state index in [1.807, 2.05) is 6.07 Å². The minimum atomic E-state index is -0.636. The normalized spacial score (nSPS) is 27.5. The van der Waals surface area contributed by atoms with Crippen LogP contribution in [0.4, 0.5) is 5.82 Å². The van der Waals surface area contributed by atoms with Crippen molar-refractivity contribution in [2.24, 2.45) is 5.92 Å². The SMILES string of the molecule is CC(C)Cc1cc(NC2CC[C@@H](O)[C@@H](O)C2)ncn1. The Kier molecular flexibility index (Phi) is 4.71. The van der Waals surface area contributed by atoms with Gasteiger partial charge in [0.25, 0.3) is 0 Å². The fourth-order valence-electron chi connectivity index (χ4n) is 2.48. The molecule has 3 N–H and O–H groups in total. The number of rotatable bonds is 4. The smallest absolute Gasteiger partial charge is 0.129 e. The summed E-state index contributed by atoms with van der Waals surface area (Å²) in [5, 5.41) is 22.5. The van der Waals surface area contributed by atoms with Crippen LogP contribution in [0.1, 0.15) is 38.8 Å². The molecule has 0 saturated heterocycles. The highest BCUT2D eigenvalue weighted by molar-refractivity contribution is 5.36. The van der Waals surface area contributed by atoms with Crippen molar-refractivity contribution in [3.63, 3.8) is 0 Å². The highest BCUT2D eigenvalue weighted by Crippen LogP contribution is 2.22. The second kappa shape index (κ2) is 6.30. The molecular formula is C14H23N3O2. The Bertz CT molecular complexity index is 411. The van der Waals surface area contributed by atoms with Crippen LogP contribution >= 0.6 is 0 Å². The minimum Gasteiger partial charge on any atom is -0.390 e. The molecule has 1 aromatic rings. The monoisotopic (exact) mass is 265 g/mol. The Labute approximate surface area is 114 Å². The molecular weight excluding hydrogens is 242 g/mol. The lowest BCUT2D eigenvalue weighted by molar-refractivity contribution is -0.0120. The first-order chi connectivity index (χ1) is 9.04. The molecule has 1 heterocycles. The molecule has 1 aromatic heterocycles. The molecule has 2 rings (SSSR count). The van der Waals surface area contributed by atoms with Crippen LogP contribution in [0.3, 0.4) is 0 Å². The van der Waals surface area contributed by atoms with Gasteiger partial charge < -0.3 is 15.5 Å². The van der Waals surface area contributed by atoms with Gasteiger partial charge in [-0.05, 0) is 31.6 Å². The Morgan fingerprint density at radius 2 is 2.05 bits per heavy atom. The summed E-state index contributed by atoms with van der Waals surface area (Å²) in [6.45, 7) is 4.32. The summed E-state index contributed by atoms with van der Waals surface area (Å²) in [6.07, 6.45) is 3.33. The minimum absolute atomic E-state index is 0.167. The molecule has 106 valence electrons. The quantitative estimate of drug-likeness (QED) is 0.766. The van der Waals surface area contributed by atoms with Gasteiger partial charge in [-0.1, -0.05) is 13.8 Å². The maximum Gasteiger partial charge on any atom is 0.129 e. The van der Waals surface area contributed by atoms with E-state index in [1.54, 1.807) is 6.33 Å². The summed E-state index contributed by atoms with van der Waals surface area (Å²) in [6, 6.07) is 2.14. The number of aliphatic hydroxyl groups is 2. The van der Waals surface area contributed by atoms with Crippen molar-refractivity contribution in [2.75, 3.05) is 5.32 Å². The summed E-state index contributed by atoms with van der Waals surface area (Å²) in [5.41, 5.74) is 1.03. The van der Waals surface area contributed by atoms with Crippen molar-refractivity contribution >= 4 is 5.82 Å². The molecule has 0 spiro atoms. The van der Waals surface area contributed by atoms with Crippen LogP contribution in [-0.4, -0.2) is 38.4 Å². The first kappa shape index (κ1) is 14.2. The third-order valence-electron chi connectivity index (χ3n) is 3.47. The summed E-state index contributed by atoms with van der Waals surface area (Å²) in [7, 11) is 0. The number of hydrogen-bond acceptors (Lipinski definition) is 5. The highest BCUT2D eigenvalue weighted by atomic mass is 16.3. The standard InChI is InChI=1S/C14H23N3O2/c1-9(2)5-11-7-14(16-8-15-11)17-10-3-4-12(18)13(19)6-10/h7-10,12-13,18-19H,3-6H2,1-2H3,(H,15,16,17)/t10?,12-,13+/m1/s1. The summed E-state index contributed by atoms with van der Waals surface area (Å²) in [4.78, 5) is 8.48. The third-order valence-corrected chi connectivity index (χ3v) is 3.47. The second-order valence-corrected chi connectivity index (χ2v) is 5.78. The van der Waals surface area contributed by atoms with Crippen LogP contribution in [-0.2, 0) is 6.42 Å². The van der Waals surface area contributed by atoms with Gasteiger partial charge in [-0.2, -0.15) is 0 Å². The largest absolute Gasteiger partial charge is 0.390 e. The van der Waals surface area contributed by atoms with Gasteiger partial charge in [0.15, 0.2) is 0 Å². The van der Waals surface area contributed by atoms with Gasteiger partial charge in [0.2, 0.25) is 0 Å². The molecule has 1 fully saturated rings. The van der Waals surface area contributed by atoms with Crippen molar-refractivity contribution in [3.8, 4) is 0 Å². The first-order valence-corrected chi connectivity index (χ1v) is 6.98. The predicted molar refractivity (Wildman–Crippen MR) is 73.8 cm³/mol. The van der Waals surface area contributed by atoms with E-state index in [4.69, 9.17) is 0 Å². The lowest BCUT2D eigenvalue weighted by atomic mass is 9.90. The summed E-state index contributed by atoms with van der Waals surface area (Å²) >= 11 is 0. The number of nitrogens with one attached hydrogen (secondary N) is 1. The van der Waals surface area contributed by atoms with Gasteiger partial charge in [-0.15, -0.1) is 0 Å². The average Bonchev–Trinajstić information content (AvgIpc) is 2.33. The van der Waals surface area contributed by atoms with E-state index < -0.39 is 12.2 Å². The van der Waals surface area contributed by atoms with E-state index >= 15 is 0 Å². The number of anilines is 1. The maximum absolute atomic E-state index is 9.68. The topological polar surface area (TPSA) is 78.3 Å². The molecule has 5 nitrogen and oxygen atoms in total. The molecule has 1 aliphatic carbocycles. The lowest BCUT2D eigenvalue weighted by Gasteiger charge is -2.30. The average molecular weight is 265 g/mol. The Hall–Kier alpha value is -1.20. The molecule has 1 aliphatic rings. The fraction of sp³-hybridized carbons (Fsp3) is 0.714. The number of aromatic nitrogens is 2. The Balaban J connectivity index is 1.95. The maximum atomic E-state index is 9.68. The zero-order valence-electron chi connectivity index (χ0n) is 11.6. The van der Waals surface area contributed by atoms with Crippen LogP contribution in [0.5, 0.6) is 0 Å². The van der Waals surface area contributed by atoms with Gasteiger partial charge in [0.1, 0.15) is 12.1 Å². The van der Waals surface area contributed by atoms with Crippen molar-refractivity contribution in [1.29, 1.82) is 0 Å². The molecule has 0 radical (unpaired) electrons. The molecule has 3 atom stereocenters. The fourth-order valence-corrected chi connectivity index (χ4v) is 2.48. The van der Waals surface area contributed by atoms with Crippen molar-refractivity contribution in [2.45, 2.75) is 57.8 Å². The van der Waals surface area contributed by atoms with Gasteiger partial charge in [0.05, 0.1) is 12.2 Å². The van der Waals surface area contributed by atoms with Crippen LogP contribution in [0.15, 0.2) is 12.4 Å². The van der Waals surface area contributed by atoms with Crippen molar-refractivity contribution < 1.29 is 10.2 Å². The van der Waals surface area contributed by atoms with Gasteiger partial charge in [-0.25, -0.2) is 9.97 Å². The third kappa shape index (κ3) is 4.14. The number of nitrogens with zero attached hydrogens (tertiary/aromatic N) is 2. The molecule has 0 amide bonds. The zero-order valence-corrected chi connectivity index (χ0v) is 11.6. The molecule has 19 heavy (non-hydrogen) atoms. The van der Waals surface area contributed by atoms with Gasteiger partial charge in [0, 0.05) is 17.8 Å². The predicted octanol–water partition coefficient (Wildman–Crippen LogP) is 1.36. The lowest BCUT2D eigenvalue weighted by Crippen LogP contribution is -2.39. The van der Waals surface area contributed by atoms with E-state index in [0.717, 1.165) is 24.4 Å². The van der Waals surface area contributed by atoms with E-state index in [1.165, 1.54) is 0 Å². The van der Waals surface area contributed by atoms with E-state index in [9.17, 15) is 10.2 Å². The molecule has 0 aliphatic heterocycles. The van der Waals surface area contributed by atoms with E-state index in [0.29, 0.717) is 18.8 Å². The molecule has 5 heteroatoms. The van der Waals surface area contributed by atoms with Gasteiger partial charge >= 0.3 is 0 Å². The second-order valence-electron chi connectivity index (χ2n) is 5.78. The highest BCUT2D eigenvalue weighted by Gasteiger charge is 2.27. The zero-order chi connectivity index (χ0) is 13.8. The number of hydrogen-bond donors (Lipinski definition) is 3. The van der Waals surface area contributed by atoms with E-state index in [2.05, 4.69) is 29.1 Å². The molecule has 0 bridgehead atoms.